The van der Waals surface area contributed by atoms with E-state index in [9.17, 15) is 9.90 Å². The molecule has 0 bridgehead atoms. The lowest BCUT2D eigenvalue weighted by Gasteiger charge is -2.49. The van der Waals surface area contributed by atoms with Gasteiger partial charge in [-0.3, -0.25) is 9.69 Å². The quantitative estimate of drug-likeness (QED) is 0.555. The number of benzene rings is 1. The molecule has 5 nitrogen and oxygen atoms in total. The van der Waals surface area contributed by atoms with E-state index < -0.39 is 6.23 Å². The summed E-state index contributed by atoms with van der Waals surface area (Å²) < 4.78 is 4.70. The number of aliphatic hydroxyl groups excluding tert-OH is 1. The lowest BCUT2D eigenvalue weighted by molar-refractivity contribution is -0.141. The van der Waals surface area contributed by atoms with Gasteiger partial charge in [-0.15, -0.1) is 0 Å². The molecular weight excluding hydrogens is 328 g/mol. The number of hydrogen-bond donors (Lipinski definition) is 2. The predicted octanol–water partition coefficient (Wildman–Crippen LogP) is 2.73. The second-order valence-corrected chi connectivity index (χ2v) is 7.05. The molecule has 0 aromatic heterocycles. The molecule has 1 aliphatic heterocycles. The van der Waals surface area contributed by atoms with Crippen molar-refractivity contribution in [2.24, 2.45) is 0 Å². The van der Waals surface area contributed by atoms with E-state index in [1.165, 1.54) is 7.11 Å². The largest absolute Gasteiger partial charge is 0.469 e. The van der Waals surface area contributed by atoms with Crippen molar-refractivity contribution in [2.45, 2.75) is 50.9 Å². The van der Waals surface area contributed by atoms with E-state index in [-0.39, 0.29) is 17.6 Å². The van der Waals surface area contributed by atoms with Crippen LogP contribution in [0.2, 0.25) is 5.02 Å². The fourth-order valence-electron chi connectivity index (χ4n) is 3.07. The van der Waals surface area contributed by atoms with Crippen LogP contribution in [-0.2, 0) is 9.53 Å². The van der Waals surface area contributed by atoms with Crippen molar-refractivity contribution in [1.82, 2.24) is 10.2 Å². The number of halogens is 1. The molecule has 2 rings (SSSR count). The van der Waals surface area contributed by atoms with Crippen LogP contribution in [0.3, 0.4) is 0 Å². The normalized spacial score (nSPS) is 22.8. The van der Waals surface area contributed by atoms with E-state index in [4.69, 9.17) is 16.3 Å². The number of hydrogen-bond acceptors (Lipinski definition) is 5. The molecule has 0 amide bonds. The summed E-state index contributed by atoms with van der Waals surface area (Å²) in [5.74, 6) is -0.225. The zero-order valence-electron chi connectivity index (χ0n) is 14.6. The second-order valence-electron chi connectivity index (χ2n) is 6.61. The van der Waals surface area contributed by atoms with E-state index >= 15 is 0 Å². The Morgan fingerprint density at radius 1 is 1.46 bits per heavy atom. The lowest BCUT2D eigenvalue weighted by atomic mass is 9.86. The van der Waals surface area contributed by atoms with E-state index in [0.717, 1.165) is 18.5 Å². The molecule has 1 heterocycles. The van der Waals surface area contributed by atoms with Gasteiger partial charge < -0.3 is 15.2 Å². The van der Waals surface area contributed by atoms with Crippen LogP contribution in [0, 0.1) is 0 Å². The Morgan fingerprint density at radius 3 is 2.58 bits per heavy atom. The van der Waals surface area contributed by atoms with Crippen molar-refractivity contribution >= 4 is 17.6 Å². The highest BCUT2D eigenvalue weighted by molar-refractivity contribution is 6.30. The maximum Gasteiger partial charge on any atom is 0.305 e. The predicted molar refractivity (Wildman–Crippen MR) is 94.9 cm³/mol. The number of rotatable bonds is 8. The maximum atomic E-state index is 11.4. The SMILES string of the molecule is COC(=O)CCCN(C(C)c1ccc(Cl)cc1)C(O)C1(C)CCN1. The number of ether oxygens (including phenoxy) is 1. The van der Waals surface area contributed by atoms with Crippen LogP contribution in [0.15, 0.2) is 24.3 Å². The van der Waals surface area contributed by atoms with Crippen LogP contribution in [-0.4, -0.2) is 47.9 Å². The van der Waals surface area contributed by atoms with E-state index in [0.29, 0.717) is 24.4 Å². The van der Waals surface area contributed by atoms with Gasteiger partial charge in [0.1, 0.15) is 6.23 Å². The molecule has 134 valence electrons. The Balaban J connectivity index is 2.11. The number of carbonyl (C=O) groups is 1. The van der Waals surface area contributed by atoms with Gasteiger partial charge in [0.05, 0.1) is 12.6 Å². The smallest absolute Gasteiger partial charge is 0.305 e. The van der Waals surface area contributed by atoms with Gasteiger partial charge in [0.15, 0.2) is 0 Å². The van der Waals surface area contributed by atoms with Crippen molar-refractivity contribution in [3.05, 3.63) is 34.9 Å². The number of esters is 1. The summed E-state index contributed by atoms with van der Waals surface area (Å²) in [6.45, 7) is 5.62. The van der Waals surface area contributed by atoms with Gasteiger partial charge in [0, 0.05) is 24.0 Å². The van der Waals surface area contributed by atoms with Crippen LogP contribution >= 0.6 is 11.6 Å². The minimum Gasteiger partial charge on any atom is -0.469 e. The monoisotopic (exact) mass is 354 g/mol. The summed E-state index contributed by atoms with van der Waals surface area (Å²) in [7, 11) is 1.39. The highest BCUT2D eigenvalue weighted by atomic mass is 35.5. The Bertz CT molecular complexity index is 546. The zero-order chi connectivity index (χ0) is 17.7. The van der Waals surface area contributed by atoms with E-state index in [2.05, 4.69) is 12.2 Å². The Labute approximate surface area is 148 Å². The van der Waals surface area contributed by atoms with Gasteiger partial charge in [-0.05, 0) is 50.9 Å². The molecule has 1 fully saturated rings. The molecule has 24 heavy (non-hydrogen) atoms. The first-order chi connectivity index (χ1) is 11.4. The van der Waals surface area contributed by atoms with Crippen molar-refractivity contribution in [3.8, 4) is 0 Å². The van der Waals surface area contributed by atoms with Crippen molar-refractivity contribution in [2.75, 3.05) is 20.2 Å². The highest BCUT2D eigenvalue weighted by Gasteiger charge is 2.42. The van der Waals surface area contributed by atoms with Crippen LogP contribution in [0.1, 0.15) is 44.7 Å². The molecule has 1 saturated heterocycles. The summed E-state index contributed by atoms with van der Waals surface area (Å²) in [4.78, 5) is 13.4. The van der Waals surface area contributed by atoms with Crippen LogP contribution in [0.5, 0.6) is 0 Å². The third-order valence-electron chi connectivity index (χ3n) is 4.93. The Kier molecular flexibility index (Phi) is 6.63. The van der Waals surface area contributed by atoms with Crippen molar-refractivity contribution in [1.29, 1.82) is 0 Å². The number of methoxy groups -OCH3 is 1. The molecule has 1 aromatic rings. The number of aliphatic hydroxyl groups is 1. The molecule has 1 aromatic carbocycles. The highest BCUT2D eigenvalue weighted by Crippen LogP contribution is 2.31. The minimum atomic E-state index is -0.630. The fraction of sp³-hybridized carbons (Fsp3) is 0.611. The molecule has 1 aliphatic rings. The molecule has 3 atom stereocenters. The standard InChI is InChI=1S/C18H27ClN2O3/c1-13(14-6-8-15(19)9-7-14)21(12-4-5-16(22)24-3)17(23)18(2)10-11-20-18/h6-9,13,17,20,23H,4-5,10-12H2,1-3H3. The molecule has 0 saturated carbocycles. The van der Waals surface area contributed by atoms with Gasteiger partial charge in [-0.1, -0.05) is 23.7 Å². The molecule has 6 heteroatoms. The average molecular weight is 355 g/mol. The van der Waals surface area contributed by atoms with Crippen molar-refractivity contribution < 1.29 is 14.6 Å². The fourth-order valence-corrected chi connectivity index (χ4v) is 3.20. The zero-order valence-corrected chi connectivity index (χ0v) is 15.3. The van der Waals surface area contributed by atoms with Crippen LogP contribution in [0.4, 0.5) is 0 Å². The number of nitrogens with one attached hydrogen (secondary N) is 1. The first-order valence-electron chi connectivity index (χ1n) is 8.38. The molecule has 0 aliphatic carbocycles. The molecular formula is C18H27ClN2O3. The molecule has 0 spiro atoms. The van der Waals surface area contributed by atoms with Gasteiger partial charge in [-0.25, -0.2) is 0 Å². The van der Waals surface area contributed by atoms with E-state index in [1.54, 1.807) is 0 Å². The van der Waals surface area contributed by atoms with E-state index in [1.807, 2.05) is 36.1 Å². The first-order valence-corrected chi connectivity index (χ1v) is 8.76. The third kappa shape index (κ3) is 4.48. The first kappa shape index (κ1) is 19.2. The molecule has 0 radical (unpaired) electrons. The number of carbonyl (C=O) groups excluding carboxylic acids is 1. The second kappa shape index (κ2) is 8.30. The summed E-state index contributed by atoms with van der Waals surface area (Å²) in [5.41, 5.74) is 0.769. The summed E-state index contributed by atoms with van der Waals surface area (Å²) in [6.07, 6.45) is 1.28. The Morgan fingerprint density at radius 2 is 2.08 bits per heavy atom. The molecule has 3 unspecified atom stereocenters. The average Bonchev–Trinajstić information content (AvgIpc) is 2.55. The summed E-state index contributed by atoms with van der Waals surface area (Å²) >= 11 is 5.97. The van der Waals surface area contributed by atoms with Gasteiger partial charge in [0.25, 0.3) is 0 Å². The minimum absolute atomic E-state index is 0.00846. The Hall–Kier alpha value is -1.14. The van der Waals surface area contributed by atoms with Gasteiger partial charge >= 0.3 is 5.97 Å². The van der Waals surface area contributed by atoms with Crippen LogP contribution < -0.4 is 5.32 Å². The maximum absolute atomic E-state index is 11.4. The summed E-state index contributed by atoms with van der Waals surface area (Å²) in [5, 5.41) is 14.9. The topological polar surface area (TPSA) is 61.8 Å². The molecule has 2 N–H and O–H groups in total. The lowest BCUT2D eigenvalue weighted by Crippen LogP contribution is -2.66. The van der Waals surface area contributed by atoms with Gasteiger partial charge in [0.2, 0.25) is 0 Å². The number of nitrogens with zero attached hydrogens (tertiary/aromatic N) is 1. The third-order valence-corrected chi connectivity index (χ3v) is 5.18. The van der Waals surface area contributed by atoms with Crippen molar-refractivity contribution in [3.63, 3.8) is 0 Å². The van der Waals surface area contributed by atoms with Crippen LogP contribution in [0.25, 0.3) is 0 Å². The summed E-state index contributed by atoms with van der Waals surface area (Å²) in [6, 6.07) is 7.67. The van der Waals surface area contributed by atoms with Gasteiger partial charge in [-0.2, -0.15) is 0 Å².